The van der Waals surface area contributed by atoms with E-state index in [1.165, 1.54) is 25.0 Å². The number of rotatable bonds is 8. The largest absolute Gasteiger partial charge is 0.492 e. The van der Waals surface area contributed by atoms with Crippen LogP contribution in [0.25, 0.3) is 0 Å². The van der Waals surface area contributed by atoms with Gasteiger partial charge in [0.15, 0.2) is 0 Å². The molecule has 0 bridgehead atoms. The highest BCUT2D eigenvalue weighted by Crippen LogP contribution is 2.20. The molecule has 0 aliphatic rings. The molecule has 0 aliphatic heterocycles. The molecule has 2 atom stereocenters. The zero-order chi connectivity index (χ0) is 15.1. The van der Waals surface area contributed by atoms with Crippen LogP contribution in [0.4, 0.5) is 0 Å². The number of aromatic nitrogens is 1. The highest BCUT2D eigenvalue weighted by atomic mass is 16.7. The van der Waals surface area contributed by atoms with E-state index in [4.69, 9.17) is 4.84 Å². The third kappa shape index (κ3) is 4.79. The first kappa shape index (κ1) is 16.4. The first-order valence-electron chi connectivity index (χ1n) is 7.27. The fourth-order valence-corrected chi connectivity index (χ4v) is 1.94. The summed E-state index contributed by atoms with van der Waals surface area (Å²) >= 11 is 0. The van der Waals surface area contributed by atoms with Crippen LogP contribution in [0, 0.1) is 11.8 Å². The predicted octanol–water partition coefficient (Wildman–Crippen LogP) is 3.10. The quantitative estimate of drug-likeness (QED) is 0.719. The van der Waals surface area contributed by atoms with Crippen molar-refractivity contribution >= 4 is 5.97 Å². The molecule has 0 amide bonds. The zero-order valence-corrected chi connectivity index (χ0v) is 12.5. The fourth-order valence-electron chi connectivity index (χ4n) is 1.94. The van der Waals surface area contributed by atoms with Crippen molar-refractivity contribution in [3.05, 3.63) is 12.1 Å². The van der Waals surface area contributed by atoms with E-state index in [1.807, 2.05) is 0 Å². The normalized spacial score (nSPS) is 13.9. The Morgan fingerprint density at radius 3 is 2.30 bits per heavy atom. The second-order valence-electron chi connectivity index (χ2n) is 5.45. The summed E-state index contributed by atoms with van der Waals surface area (Å²) in [5.74, 6) is -0.561. The molecule has 2 N–H and O–H groups in total. The van der Waals surface area contributed by atoms with E-state index >= 15 is 0 Å². The molecule has 0 aliphatic carbocycles. The Morgan fingerprint density at radius 2 is 1.75 bits per heavy atom. The SMILES string of the molecule is CCC(C)CCCCC(C)C(=O)On1c(O)ccc1O. The number of unbranched alkanes of at least 4 members (excludes halogenated alkanes) is 1. The first-order valence-corrected chi connectivity index (χ1v) is 7.27. The van der Waals surface area contributed by atoms with E-state index in [0.717, 1.165) is 29.9 Å². The minimum absolute atomic E-state index is 0.256. The molecule has 0 fully saturated rings. The van der Waals surface area contributed by atoms with Gasteiger partial charge in [0, 0.05) is 12.1 Å². The van der Waals surface area contributed by atoms with E-state index in [2.05, 4.69) is 13.8 Å². The standard InChI is InChI=1S/C15H25NO4/c1-4-11(2)7-5-6-8-12(3)15(19)20-16-13(17)9-10-14(16)18/h9-12,17-18H,4-8H2,1-3H3. The molecular formula is C15H25NO4. The van der Waals surface area contributed by atoms with Crippen LogP contribution in [0.3, 0.4) is 0 Å². The lowest BCUT2D eigenvalue weighted by molar-refractivity contribution is -0.150. The number of carbonyl (C=O) groups is 1. The summed E-state index contributed by atoms with van der Waals surface area (Å²) < 4.78 is 0.734. The third-order valence-electron chi connectivity index (χ3n) is 3.66. The highest BCUT2D eigenvalue weighted by Gasteiger charge is 2.18. The number of carbonyl (C=O) groups excluding carboxylic acids is 1. The number of hydrogen-bond donors (Lipinski definition) is 2. The van der Waals surface area contributed by atoms with Crippen molar-refractivity contribution in [2.45, 2.75) is 52.9 Å². The fraction of sp³-hybridized carbons (Fsp3) is 0.667. The lowest BCUT2D eigenvalue weighted by Crippen LogP contribution is -2.25. The maximum absolute atomic E-state index is 11.8. The van der Waals surface area contributed by atoms with Gasteiger partial charge in [0.05, 0.1) is 5.92 Å². The molecule has 20 heavy (non-hydrogen) atoms. The van der Waals surface area contributed by atoms with Gasteiger partial charge in [-0.25, -0.2) is 4.79 Å². The van der Waals surface area contributed by atoms with Crippen molar-refractivity contribution in [3.8, 4) is 11.8 Å². The first-order chi connectivity index (χ1) is 9.45. The smallest absolute Gasteiger partial charge is 0.335 e. The van der Waals surface area contributed by atoms with Gasteiger partial charge in [-0.2, -0.15) is 0 Å². The summed E-state index contributed by atoms with van der Waals surface area (Å²) in [6.07, 6.45) is 5.19. The zero-order valence-electron chi connectivity index (χ0n) is 12.5. The van der Waals surface area contributed by atoms with Crippen LogP contribution in [0.15, 0.2) is 12.1 Å². The maximum atomic E-state index is 11.8. The molecule has 114 valence electrons. The Hall–Kier alpha value is -1.65. The summed E-state index contributed by atoms with van der Waals surface area (Å²) in [6.45, 7) is 6.21. The van der Waals surface area contributed by atoms with Crippen molar-refractivity contribution in [2.75, 3.05) is 0 Å². The molecule has 0 saturated heterocycles. The molecular weight excluding hydrogens is 258 g/mol. The van der Waals surface area contributed by atoms with Crippen molar-refractivity contribution in [3.63, 3.8) is 0 Å². The van der Waals surface area contributed by atoms with Gasteiger partial charge in [0.1, 0.15) is 0 Å². The van der Waals surface area contributed by atoms with Crippen LogP contribution >= 0.6 is 0 Å². The Balaban J connectivity index is 2.33. The van der Waals surface area contributed by atoms with Gasteiger partial charge in [-0.15, -0.1) is 4.73 Å². The molecule has 1 heterocycles. The highest BCUT2D eigenvalue weighted by molar-refractivity contribution is 5.72. The molecule has 5 nitrogen and oxygen atoms in total. The van der Waals surface area contributed by atoms with Gasteiger partial charge in [0.25, 0.3) is 0 Å². The van der Waals surface area contributed by atoms with Crippen molar-refractivity contribution in [1.82, 2.24) is 4.73 Å². The van der Waals surface area contributed by atoms with E-state index in [9.17, 15) is 15.0 Å². The average molecular weight is 283 g/mol. The van der Waals surface area contributed by atoms with Crippen molar-refractivity contribution in [1.29, 1.82) is 0 Å². The van der Waals surface area contributed by atoms with E-state index in [0.29, 0.717) is 0 Å². The number of aromatic hydroxyl groups is 2. The van der Waals surface area contributed by atoms with Crippen molar-refractivity contribution < 1.29 is 19.8 Å². The summed E-state index contributed by atoms with van der Waals surface area (Å²) in [5, 5.41) is 18.8. The summed E-state index contributed by atoms with van der Waals surface area (Å²) in [7, 11) is 0. The van der Waals surface area contributed by atoms with Gasteiger partial charge < -0.3 is 15.1 Å². The maximum Gasteiger partial charge on any atom is 0.335 e. The lowest BCUT2D eigenvalue weighted by Gasteiger charge is -2.13. The molecule has 1 rings (SSSR count). The van der Waals surface area contributed by atoms with E-state index < -0.39 is 5.97 Å². The topological polar surface area (TPSA) is 71.7 Å². The average Bonchev–Trinajstić information content (AvgIpc) is 2.74. The van der Waals surface area contributed by atoms with Gasteiger partial charge in [-0.3, -0.25) is 0 Å². The Bertz CT molecular complexity index is 408. The molecule has 0 spiro atoms. The molecule has 1 aromatic heterocycles. The van der Waals surface area contributed by atoms with E-state index in [-0.39, 0.29) is 17.7 Å². The Labute approximate surface area is 120 Å². The lowest BCUT2D eigenvalue weighted by atomic mass is 9.98. The van der Waals surface area contributed by atoms with Crippen LogP contribution in [0.5, 0.6) is 11.8 Å². The second kappa shape index (κ2) is 7.82. The Kier molecular flexibility index (Phi) is 6.42. The third-order valence-corrected chi connectivity index (χ3v) is 3.66. The summed E-state index contributed by atoms with van der Waals surface area (Å²) in [5.41, 5.74) is 0. The molecule has 1 aromatic rings. The molecule has 5 heteroatoms. The van der Waals surface area contributed by atoms with Crippen molar-refractivity contribution in [2.24, 2.45) is 11.8 Å². The van der Waals surface area contributed by atoms with Crippen LogP contribution < -0.4 is 4.84 Å². The van der Waals surface area contributed by atoms with Gasteiger partial charge in [-0.05, 0) is 12.3 Å². The van der Waals surface area contributed by atoms with Crippen LogP contribution in [-0.2, 0) is 4.79 Å². The molecule has 2 unspecified atom stereocenters. The number of nitrogens with zero attached hydrogens (tertiary/aromatic N) is 1. The summed E-state index contributed by atoms with van der Waals surface area (Å²) in [4.78, 5) is 16.8. The summed E-state index contributed by atoms with van der Waals surface area (Å²) in [6, 6.07) is 2.53. The molecule has 0 saturated carbocycles. The van der Waals surface area contributed by atoms with Gasteiger partial charge >= 0.3 is 5.97 Å². The van der Waals surface area contributed by atoms with Gasteiger partial charge in [0.2, 0.25) is 11.8 Å². The second-order valence-corrected chi connectivity index (χ2v) is 5.45. The molecule has 0 radical (unpaired) electrons. The predicted molar refractivity (Wildman–Crippen MR) is 76.4 cm³/mol. The minimum atomic E-state index is -0.449. The monoisotopic (exact) mass is 283 g/mol. The molecule has 0 aromatic carbocycles. The van der Waals surface area contributed by atoms with Gasteiger partial charge in [-0.1, -0.05) is 46.5 Å². The number of hydrogen-bond acceptors (Lipinski definition) is 4. The van der Waals surface area contributed by atoms with Crippen LogP contribution in [0.1, 0.15) is 52.9 Å². The minimum Gasteiger partial charge on any atom is -0.492 e. The van der Waals surface area contributed by atoms with E-state index in [1.54, 1.807) is 6.92 Å². The Morgan fingerprint density at radius 1 is 1.20 bits per heavy atom. The van der Waals surface area contributed by atoms with Crippen LogP contribution in [0.2, 0.25) is 0 Å². The van der Waals surface area contributed by atoms with Crippen LogP contribution in [-0.4, -0.2) is 20.9 Å².